The van der Waals surface area contributed by atoms with Crippen LogP contribution in [0.15, 0.2) is 12.3 Å². The zero-order valence-electron chi connectivity index (χ0n) is 11.2. The van der Waals surface area contributed by atoms with E-state index in [-0.39, 0.29) is 0 Å². The monoisotopic (exact) mass is 237 g/mol. The highest BCUT2D eigenvalue weighted by atomic mass is 16.5. The molecular formula is C13H23N3O. The molecule has 0 atom stereocenters. The van der Waals surface area contributed by atoms with Gasteiger partial charge in [-0.15, -0.1) is 0 Å². The number of anilines is 2. The number of ether oxygens (including phenoxy) is 1. The van der Waals surface area contributed by atoms with E-state index in [0.717, 1.165) is 30.2 Å². The molecule has 0 aliphatic rings. The van der Waals surface area contributed by atoms with Crippen LogP contribution >= 0.6 is 0 Å². The van der Waals surface area contributed by atoms with Crippen LogP contribution in [0, 0.1) is 12.8 Å². The first kappa shape index (κ1) is 13.8. The molecule has 17 heavy (non-hydrogen) atoms. The second-order valence-corrected chi connectivity index (χ2v) is 4.76. The van der Waals surface area contributed by atoms with E-state index in [1.807, 2.05) is 19.2 Å². The summed E-state index contributed by atoms with van der Waals surface area (Å²) < 4.78 is 5.13. The summed E-state index contributed by atoms with van der Waals surface area (Å²) >= 11 is 0. The average Bonchev–Trinajstić information content (AvgIpc) is 2.24. The Bertz CT molecular complexity index is 353. The third kappa shape index (κ3) is 4.23. The number of aryl methyl sites for hydroxylation is 1. The van der Waals surface area contributed by atoms with Crippen molar-refractivity contribution in [2.75, 3.05) is 37.4 Å². The summed E-state index contributed by atoms with van der Waals surface area (Å²) in [5, 5.41) is 0. The van der Waals surface area contributed by atoms with Crippen molar-refractivity contribution >= 4 is 11.5 Å². The average molecular weight is 237 g/mol. The lowest BCUT2D eigenvalue weighted by Crippen LogP contribution is -2.32. The van der Waals surface area contributed by atoms with Gasteiger partial charge in [0, 0.05) is 26.4 Å². The molecule has 1 rings (SSSR count). The fourth-order valence-corrected chi connectivity index (χ4v) is 1.77. The van der Waals surface area contributed by atoms with Gasteiger partial charge in [0.15, 0.2) is 5.82 Å². The molecular weight excluding hydrogens is 214 g/mol. The fraction of sp³-hybridized carbons (Fsp3) is 0.615. The van der Waals surface area contributed by atoms with Gasteiger partial charge in [0.25, 0.3) is 0 Å². The molecule has 0 amide bonds. The number of hydrogen-bond acceptors (Lipinski definition) is 4. The van der Waals surface area contributed by atoms with Crippen molar-refractivity contribution in [3.63, 3.8) is 0 Å². The van der Waals surface area contributed by atoms with Gasteiger partial charge in [0.1, 0.15) is 0 Å². The van der Waals surface area contributed by atoms with E-state index in [1.165, 1.54) is 0 Å². The van der Waals surface area contributed by atoms with Crippen LogP contribution in [-0.2, 0) is 4.74 Å². The molecule has 0 fully saturated rings. The van der Waals surface area contributed by atoms with Gasteiger partial charge < -0.3 is 15.4 Å². The van der Waals surface area contributed by atoms with Gasteiger partial charge in [-0.25, -0.2) is 4.98 Å². The van der Waals surface area contributed by atoms with Crippen molar-refractivity contribution < 1.29 is 4.74 Å². The number of nitrogens with two attached hydrogens (primary N) is 1. The Morgan fingerprint density at radius 3 is 2.71 bits per heavy atom. The summed E-state index contributed by atoms with van der Waals surface area (Å²) in [4.78, 5) is 6.61. The predicted octanol–water partition coefficient (Wildman–Crippen LogP) is 2.08. The number of methoxy groups -OCH3 is 1. The number of rotatable bonds is 6. The molecule has 0 aromatic carbocycles. The Hall–Kier alpha value is -1.29. The number of nitrogens with zero attached hydrogens (tertiary/aromatic N) is 2. The van der Waals surface area contributed by atoms with Crippen molar-refractivity contribution in [1.82, 2.24) is 4.98 Å². The van der Waals surface area contributed by atoms with Crippen molar-refractivity contribution in [3.05, 3.63) is 17.8 Å². The summed E-state index contributed by atoms with van der Waals surface area (Å²) in [6.45, 7) is 8.80. The van der Waals surface area contributed by atoms with E-state index >= 15 is 0 Å². The Labute approximate surface area is 104 Å². The molecule has 0 aliphatic carbocycles. The summed E-state index contributed by atoms with van der Waals surface area (Å²) in [5.74, 6) is 1.43. The molecule has 0 aliphatic heterocycles. The first-order valence-electron chi connectivity index (χ1n) is 6.00. The van der Waals surface area contributed by atoms with Gasteiger partial charge in [-0.05, 0) is 24.5 Å². The normalized spacial score (nSPS) is 10.9. The van der Waals surface area contributed by atoms with Crippen LogP contribution in [0.1, 0.15) is 19.4 Å². The maximum absolute atomic E-state index is 6.02. The Morgan fingerprint density at radius 1 is 1.47 bits per heavy atom. The first-order chi connectivity index (χ1) is 8.04. The van der Waals surface area contributed by atoms with Gasteiger partial charge in [0.2, 0.25) is 0 Å². The topological polar surface area (TPSA) is 51.4 Å². The molecule has 1 aromatic heterocycles. The minimum absolute atomic E-state index is 0.564. The predicted molar refractivity (Wildman–Crippen MR) is 72.3 cm³/mol. The van der Waals surface area contributed by atoms with Crippen molar-refractivity contribution in [3.8, 4) is 0 Å². The van der Waals surface area contributed by atoms with Crippen LogP contribution in [0.25, 0.3) is 0 Å². The molecule has 4 heteroatoms. The van der Waals surface area contributed by atoms with Gasteiger partial charge in [-0.1, -0.05) is 13.8 Å². The summed E-state index contributed by atoms with van der Waals surface area (Å²) in [5.41, 5.74) is 7.85. The lowest BCUT2D eigenvalue weighted by Gasteiger charge is -2.26. The smallest absolute Gasteiger partial charge is 0.151 e. The Kier molecular flexibility index (Phi) is 5.22. The number of nitrogen functional groups attached to an aromatic ring is 1. The van der Waals surface area contributed by atoms with Crippen molar-refractivity contribution in [1.29, 1.82) is 0 Å². The molecule has 1 heterocycles. The standard InChI is InChI=1S/C13H23N3O/c1-10(2)9-16(5-6-17-4)13-12(14)7-11(3)8-15-13/h7-8,10H,5-6,9,14H2,1-4H3. The minimum atomic E-state index is 0.564. The van der Waals surface area contributed by atoms with Gasteiger partial charge in [-0.2, -0.15) is 0 Å². The SMILES string of the molecule is COCCN(CC(C)C)c1ncc(C)cc1N. The highest BCUT2D eigenvalue weighted by molar-refractivity contribution is 5.63. The van der Waals surface area contributed by atoms with Crippen LogP contribution in [0.5, 0.6) is 0 Å². The van der Waals surface area contributed by atoms with Gasteiger partial charge in [-0.3, -0.25) is 0 Å². The van der Waals surface area contributed by atoms with Crippen LogP contribution < -0.4 is 10.6 Å². The molecule has 0 bridgehead atoms. The maximum Gasteiger partial charge on any atom is 0.151 e. The summed E-state index contributed by atoms with van der Waals surface area (Å²) in [6.07, 6.45) is 1.85. The second-order valence-electron chi connectivity index (χ2n) is 4.76. The molecule has 1 aromatic rings. The van der Waals surface area contributed by atoms with Gasteiger partial charge in [0.05, 0.1) is 12.3 Å². The molecule has 0 radical (unpaired) electrons. The second kappa shape index (κ2) is 6.45. The minimum Gasteiger partial charge on any atom is -0.396 e. The summed E-state index contributed by atoms with van der Waals surface area (Å²) in [7, 11) is 1.71. The van der Waals surface area contributed by atoms with Crippen LogP contribution in [0.4, 0.5) is 11.5 Å². The van der Waals surface area contributed by atoms with E-state index in [1.54, 1.807) is 7.11 Å². The molecule has 2 N–H and O–H groups in total. The van der Waals surface area contributed by atoms with Crippen LogP contribution in [0.2, 0.25) is 0 Å². The third-order valence-electron chi connectivity index (χ3n) is 2.48. The molecule has 0 unspecified atom stereocenters. The van der Waals surface area contributed by atoms with E-state index in [4.69, 9.17) is 10.5 Å². The van der Waals surface area contributed by atoms with Gasteiger partial charge >= 0.3 is 0 Å². The Balaban J connectivity index is 2.86. The molecule has 0 saturated heterocycles. The number of hydrogen-bond donors (Lipinski definition) is 1. The molecule has 0 spiro atoms. The molecule has 4 nitrogen and oxygen atoms in total. The van der Waals surface area contributed by atoms with Crippen molar-refractivity contribution in [2.24, 2.45) is 5.92 Å². The molecule has 96 valence electrons. The largest absolute Gasteiger partial charge is 0.396 e. The first-order valence-corrected chi connectivity index (χ1v) is 6.00. The molecule has 0 saturated carbocycles. The highest BCUT2D eigenvalue weighted by Crippen LogP contribution is 2.21. The van der Waals surface area contributed by atoms with E-state index in [9.17, 15) is 0 Å². The lowest BCUT2D eigenvalue weighted by molar-refractivity contribution is 0.204. The maximum atomic E-state index is 6.02. The fourth-order valence-electron chi connectivity index (χ4n) is 1.77. The highest BCUT2D eigenvalue weighted by Gasteiger charge is 2.12. The van der Waals surface area contributed by atoms with Crippen LogP contribution in [0.3, 0.4) is 0 Å². The zero-order chi connectivity index (χ0) is 12.8. The van der Waals surface area contributed by atoms with E-state index in [2.05, 4.69) is 23.7 Å². The lowest BCUT2D eigenvalue weighted by atomic mass is 10.2. The number of pyridine rings is 1. The zero-order valence-corrected chi connectivity index (χ0v) is 11.2. The quantitative estimate of drug-likeness (QED) is 0.823. The van der Waals surface area contributed by atoms with Crippen LogP contribution in [-0.4, -0.2) is 31.8 Å². The van der Waals surface area contributed by atoms with E-state index < -0.39 is 0 Å². The summed E-state index contributed by atoms with van der Waals surface area (Å²) in [6, 6.07) is 1.96. The van der Waals surface area contributed by atoms with Crippen molar-refractivity contribution in [2.45, 2.75) is 20.8 Å². The van der Waals surface area contributed by atoms with E-state index in [0.29, 0.717) is 12.5 Å². The number of aromatic nitrogens is 1. The Morgan fingerprint density at radius 2 is 2.18 bits per heavy atom. The third-order valence-corrected chi connectivity index (χ3v) is 2.48.